The summed E-state index contributed by atoms with van der Waals surface area (Å²) < 4.78 is 27.0. The van der Waals surface area contributed by atoms with E-state index in [2.05, 4.69) is 19.2 Å². The quantitative estimate of drug-likeness (QED) is 0.908. The van der Waals surface area contributed by atoms with Gasteiger partial charge in [-0.05, 0) is 31.4 Å². The second-order valence-electron chi connectivity index (χ2n) is 5.32. The Balaban J connectivity index is 2.19. The van der Waals surface area contributed by atoms with Crippen molar-refractivity contribution in [1.82, 2.24) is 9.62 Å². The fourth-order valence-corrected chi connectivity index (χ4v) is 5.36. The molecule has 0 amide bonds. The lowest BCUT2D eigenvalue weighted by Gasteiger charge is -2.13. The third kappa shape index (κ3) is 3.37. The molecule has 0 unspecified atom stereocenters. The lowest BCUT2D eigenvalue weighted by atomic mass is 10.3. The molecule has 0 aromatic carbocycles. The van der Waals surface area contributed by atoms with Gasteiger partial charge in [0.25, 0.3) is 10.0 Å². The highest BCUT2D eigenvalue weighted by Gasteiger charge is 2.29. The first kappa shape index (κ1) is 15.0. The number of thiophene rings is 1. The van der Waals surface area contributed by atoms with E-state index in [-0.39, 0.29) is 0 Å². The largest absolute Gasteiger partial charge is 0.310 e. The molecule has 1 aliphatic rings. The van der Waals surface area contributed by atoms with Crippen LogP contribution in [0.5, 0.6) is 0 Å². The van der Waals surface area contributed by atoms with E-state index in [1.54, 1.807) is 4.31 Å². The van der Waals surface area contributed by atoms with Crippen molar-refractivity contribution in [2.45, 2.75) is 50.4 Å². The Labute approximate surface area is 119 Å². The Morgan fingerprint density at radius 3 is 2.58 bits per heavy atom. The predicted molar refractivity (Wildman–Crippen MR) is 79.0 cm³/mol. The van der Waals surface area contributed by atoms with Crippen LogP contribution in [0.2, 0.25) is 0 Å². The molecule has 19 heavy (non-hydrogen) atoms. The smallest absolute Gasteiger partial charge is 0.252 e. The number of sulfonamides is 1. The predicted octanol–water partition coefficient (Wildman–Crippen LogP) is 2.34. The standard InChI is InChI=1S/C13H22N2O2S2/c1-10(2)14-9-12-11(3)8-13(18-12)19(16,17)15-6-4-5-7-15/h8,10,14H,4-7,9H2,1-3H3. The molecule has 1 N–H and O–H groups in total. The van der Waals surface area contributed by atoms with Crippen LogP contribution < -0.4 is 5.32 Å². The van der Waals surface area contributed by atoms with Crippen LogP contribution >= 0.6 is 11.3 Å². The Kier molecular flexibility index (Phi) is 4.66. The summed E-state index contributed by atoms with van der Waals surface area (Å²) in [5.41, 5.74) is 1.07. The number of hydrogen-bond donors (Lipinski definition) is 1. The van der Waals surface area contributed by atoms with Gasteiger partial charge in [0, 0.05) is 30.6 Å². The molecule has 1 fully saturated rings. The summed E-state index contributed by atoms with van der Waals surface area (Å²) in [6.45, 7) is 8.23. The summed E-state index contributed by atoms with van der Waals surface area (Å²) in [5.74, 6) is 0. The van der Waals surface area contributed by atoms with Crippen molar-refractivity contribution in [3.63, 3.8) is 0 Å². The Morgan fingerprint density at radius 2 is 2.00 bits per heavy atom. The normalized spacial score (nSPS) is 17.5. The van der Waals surface area contributed by atoms with E-state index < -0.39 is 10.0 Å². The molecule has 0 aliphatic carbocycles. The highest BCUT2D eigenvalue weighted by Crippen LogP contribution is 2.30. The van der Waals surface area contributed by atoms with Crippen LogP contribution in [-0.4, -0.2) is 31.9 Å². The van der Waals surface area contributed by atoms with Gasteiger partial charge in [0.15, 0.2) is 0 Å². The molecule has 4 nitrogen and oxygen atoms in total. The fraction of sp³-hybridized carbons (Fsp3) is 0.692. The number of hydrogen-bond acceptors (Lipinski definition) is 4. The molecule has 0 bridgehead atoms. The van der Waals surface area contributed by atoms with E-state index in [9.17, 15) is 8.42 Å². The van der Waals surface area contributed by atoms with Crippen molar-refractivity contribution in [3.05, 3.63) is 16.5 Å². The Morgan fingerprint density at radius 1 is 1.37 bits per heavy atom. The molecule has 2 heterocycles. The van der Waals surface area contributed by atoms with Crippen LogP contribution in [-0.2, 0) is 16.6 Å². The maximum absolute atomic E-state index is 12.5. The van der Waals surface area contributed by atoms with Gasteiger partial charge >= 0.3 is 0 Å². The van der Waals surface area contributed by atoms with E-state index in [1.165, 1.54) is 11.3 Å². The third-order valence-electron chi connectivity index (χ3n) is 3.33. The zero-order chi connectivity index (χ0) is 14.0. The van der Waals surface area contributed by atoms with Crippen molar-refractivity contribution in [2.24, 2.45) is 0 Å². The fourth-order valence-electron chi connectivity index (χ4n) is 2.14. The van der Waals surface area contributed by atoms with E-state index in [0.717, 1.165) is 29.8 Å². The lowest BCUT2D eigenvalue weighted by Crippen LogP contribution is -2.27. The number of aryl methyl sites for hydroxylation is 1. The maximum Gasteiger partial charge on any atom is 0.252 e. The molecule has 0 spiro atoms. The van der Waals surface area contributed by atoms with Crippen molar-refractivity contribution in [3.8, 4) is 0 Å². The van der Waals surface area contributed by atoms with Gasteiger partial charge in [-0.3, -0.25) is 0 Å². The Bertz CT molecular complexity index is 529. The van der Waals surface area contributed by atoms with Crippen molar-refractivity contribution in [1.29, 1.82) is 0 Å². The highest BCUT2D eigenvalue weighted by atomic mass is 32.2. The lowest BCUT2D eigenvalue weighted by molar-refractivity contribution is 0.479. The van der Waals surface area contributed by atoms with Crippen LogP contribution in [0.4, 0.5) is 0 Å². The molecule has 6 heteroatoms. The molecule has 1 aromatic rings. The summed E-state index contributed by atoms with van der Waals surface area (Å²) in [4.78, 5) is 1.12. The third-order valence-corrected chi connectivity index (χ3v) is 6.91. The van der Waals surface area contributed by atoms with Gasteiger partial charge in [0.2, 0.25) is 0 Å². The zero-order valence-electron chi connectivity index (χ0n) is 11.8. The molecule has 1 aromatic heterocycles. The van der Waals surface area contributed by atoms with Gasteiger partial charge < -0.3 is 5.32 Å². The molecule has 0 saturated carbocycles. The van der Waals surface area contributed by atoms with Crippen LogP contribution in [0, 0.1) is 6.92 Å². The van der Waals surface area contributed by atoms with E-state index >= 15 is 0 Å². The first-order chi connectivity index (χ1) is 8.91. The highest BCUT2D eigenvalue weighted by molar-refractivity contribution is 7.91. The van der Waals surface area contributed by atoms with Crippen LogP contribution in [0.1, 0.15) is 37.1 Å². The van der Waals surface area contributed by atoms with Gasteiger partial charge in [-0.1, -0.05) is 13.8 Å². The van der Waals surface area contributed by atoms with E-state index in [4.69, 9.17) is 0 Å². The monoisotopic (exact) mass is 302 g/mol. The second kappa shape index (κ2) is 5.91. The van der Waals surface area contributed by atoms with E-state index in [1.807, 2.05) is 13.0 Å². The van der Waals surface area contributed by atoms with Gasteiger partial charge in [0.1, 0.15) is 4.21 Å². The average Bonchev–Trinajstić information content (AvgIpc) is 2.95. The van der Waals surface area contributed by atoms with Crippen molar-refractivity contribution < 1.29 is 8.42 Å². The molecule has 2 rings (SSSR count). The molecule has 108 valence electrons. The number of nitrogens with one attached hydrogen (secondary N) is 1. The first-order valence-electron chi connectivity index (χ1n) is 6.74. The van der Waals surface area contributed by atoms with Crippen LogP contribution in [0.25, 0.3) is 0 Å². The molecule has 0 radical (unpaired) electrons. The first-order valence-corrected chi connectivity index (χ1v) is 9.00. The van der Waals surface area contributed by atoms with Gasteiger partial charge in [-0.15, -0.1) is 11.3 Å². The summed E-state index contributed by atoms with van der Waals surface area (Å²) in [7, 11) is -3.25. The number of nitrogens with zero attached hydrogens (tertiary/aromatic N) is 1. The molecular weight excluding hydrogens is 280 g/mol. The second-order valence-corrected chi connectivity index (χ2v) is 8.62. The minimum absolute atomic E-state index is 0.403. The molecular formula is C13H22N2O2S2. The Hall–Kier alpha value is -0.430. The van der Waals surface area contributed by atoms with Crippen molar-refractivity contribution >= 4 is 21.4 Å². The maximum atomic E-state index is 12.5. The van der Waals surface area contributed by atoms with E-state index in [0.29, 0.717) is 23.3 Å². The molecule has 1 saturated heterocycles. The van der Waals surface area contributed by atoms with Crippen molar-refractivity contribution in [2.75, 3.05) is 13.1 Å². The zero-order valence-corrected chi connectivity index (χ0v) is 13.4. The minimum Gasteiger partial charge on any atom is -0.310 e. The summed E-state index contributed by atoms with van der Waals surface area (Å²) in [5, 5.41) is 3.34. The van der Waals surface area contributed by atoms with Crippen LogP contribution in [0.15, 0.2) is 10.3 Å². The summed E-state index contributed by atoms with van der Waals surface area (Å²) in [6, 6.07) is 2.22. The van der Waals surface area contributed by atoms with Gasteiger partial charge in [-0.25, -0.2) is 8.42 Å². The summed E-state index contributed by atoms with van der Waals surface area (Å²) in [6.07, 6.45) is 1.96. The van der Waals surface area contributed by atoms with Gasteiger partial charge in [0.05, 0.1) is 0 Å². The molecule has 1 aliphatic heterocycles. The topological polar surface area (TPSA) is 49.4 Å². The van der Waals surface area contributed by atoms with Gasteiger partial charge in [-0.2, -0.15) is 4.31 Å². The van der Waals surface area contributed by atoms with Crippen LogP contribution in [0.3, 0.4) is 0 Å². The summed E-state index contributed by atoms with van der Waals surface area (Å²) >= 11 is 1.40. The SMILES string of the molecule is Cc1cc(S(=O)(=O)N2CCCC2)sc1CNC(C)C. The number of rotatable bonds is 5. The average molecular weight is 302 g/mol. The minimum atomic E-state index is -3.25. The molecule has 0 atom stereocenters.